The molecule has 1 aliphatic rings. The van der Waals surface area contributed by atoms with Crippen LogP contribution < -0.4 is 20.6 Å². The molecule has 0 saturated carbocycles. The van der Waals surface area contributed by atoms with Gasteiger partial charge in [0.15, 0.2) is 0 Å². The second-order valence-electron chi connectivity index (χ2n) is 7.03. The Hall–Kier alpha value is -3.73. The lowest BCUT2D eigenvalue weighted by molar-refractivity contribution is -0.275. The van der Waals surface area contributed by atoms with Gasteiger partial charge < -0.3 is 10.1 Å². The number of carbonyl (C=O) groups excluding carboxylic acids is 1. The molecule has 0 aliphatic carbocycles. The number of ether oxygens (including phenoxy) is 1. The van der Waals surface area contributed by atoms with E-state index in [1.807, 2.05) is 0 Å². The molecule has 4 rings (SSSR count). The standard InChI is InChI=1S/C22H16F3N3O4S/c23-22(24,25)32-19-3-1-2-4-20(19)33(30,31)16-7-5-14(6-8-16)12-27-21(29)18-11-15-13-26-10-9-17(15)28-18/h1-11,13,18H,12H2,(H,27,29). The van der Waals surface area contributed by atoms with Gasteiger partial charge in [-0.1, -0.05) is 24.3 Å². The van der Waals surface area contributed by atoms with Crippen molar-refractivity contribution in [1.82, 2.24) is 10.3 Å². The van der Waals surface area contributed by atoms with E-state index in [0.29, 0.717) is 10.9 Å². The zero-order valence-electron chi connectivity index (χ0n) is 16.8. The highest BCUT2D eigenvalue weighted by Crippen LogP contribution is 2.33. The molecule has 1 aromatic heterocycles. The van der Waals surface area contributed by atoms with Crippen LogP contribution in [0.4, 0.5) is 13.2 Å². The third kappa shape index (κ3) is 5.03. The van der Waals surface area contributed by atoms with Crippen LogP contribution in [-0.2, 0) is 21.2 Å². The van der Waals surface area contributed by atoms with Gasteiger partial charge in [0, 0.05) is 24.2 Å². The number of hydrogen-bond acceptors (Lipinski definition) is 6. The number of fused-ring (bicyclic) bond motifs is 1. The van der Waals surface area contributed by atoms with Crippen LogP contribution >= 0.6 is 0 Å². The average Bonchev–Trinajstić information content (AvgIpc) is 3.21. The van der Waals surface area contributed by atoms with E-state index in [1.54, 1.807) is 24.5 Å². The van der Waals surface area contributed by atoms with Crippen molar-refractivity contribution in [3.05, 3.63) is 83.1 Å². The lowest BCUT2D eigenvalue weighted by Crippen LogP contribution is -2.31. The summed E-state index contributed by atoms with van der Waals surface area (Å²) < 4.78 is 67.5. The molecule has 1 aliphatic heterocycles. The minimum atomic E-state index is -5.03. The molecule has 7 nitrogen and oxygen atoms in total. The second kappa shape index (κ2) is 8.66. The highest BCUT2D eigenvalue weighted by molar-refractivity contribution is 7.91. The number of aromatic nitrogens is 1. The van der Waals surface area contributed by atoms with Crippen molar-refractivity contribution in [1.29, 1.82) is 0 Å². The molecule has 0 spiro atoms. The zero-order chi connectivity index (χ0) is 23.6. The Morgan fingerprint density at radius 2 is 1.79 bits per heavy atom. The first kappa shape index (κ1) is 22.5. The van der Waals surface area contributed by atoms with E-state index in [-0.39, 0.29) is 17.3 Å². The van der Waals surface area contributed by atoms with Crippen molar-refractivity contribution < 1.29 is 31.1 Å². The molecule has 0 bridgehead atoms. The molecular weight excluding hydrogens is 459 g/mol. The zero-order valence-corrected chi connectivity index (χ0v) is 17.6. The number of hydrogen-bond donors (Lipinski definition) is 1. The number of benzene rings is 2. The minimum Gasteiger partial charge on any atom is -0.404 e. The van der Waals surface area contributed by atoms with Crippen molar-refractivity contribution in [2.24, 2.45) is 4.99 Å². The number of alkyl halides is 3. The molecule has 33 heavy (non-hydrogen) atoms. The number of carbonyl (C=O) groups is 1. The van der Waals surface area contributed by atoms with Gasteiger partial charge in [0.2, 0.25) is 15.7 Å². The van der Waals surface area contributed by atoms with Gasteiger partial charge >= 0.3 is 6.36 Å². The van der Waals surface area contributed by atoms with Gasteiger partial charge in [-0.05, 0) is 42.0 Å². The third-order valence-electron chi connectivity index (χ3n) is 4.78. The van der Waals surface area contributed by atoms with Gasteiger partial charge in [0.1, 0.15) is 16.7 Å². The fraction of sp³-hybridized carbons (Fsp3) is 0.136. The molecule has 0 radical (unpaired) electrons. The molecule has 11 heteroatoms. The van der Waals surface area contributed by atoms with E-state index in [0.717, 1.165) is 17.4 Å². The summed E-state index contributed by atoms with van der Waals surface area (Å²) in [5, 5.41) is 4.16. The number of pyridine rings is 1. The Labute approximate surface area is 186 Å². The van der Waals surface area contributed by atoms with Crippen LogP contribution in [0.5, 0.6) is 5.75 Å². The van der Waals surface area contributed by atoms with Gasteiger partial charge in [0.05, 0.1) is 10.3 Å². The monoisotopic (exact) mass is 475 g/mol. The minimum absolute atomic E-state index is 0.112. The van der Waals surface area contributed by atoms with E-state index in [1.165, 1.54) is 36.4 Å². The number of amides is 1. The summed E-state index contributed by atoms with van der Waals surface area (Å²) in [6.45, 7) is 0.112. The van der Waals surface area contributed by atoms with E-state index >= 15 is 0 Å². The Bertz CT molecular complexity index is 1390. The first-order chi connectivity index (χ1) is 15.6. The lowest BCUT2D eigenvalue weighted by Gasteiger charge is -2.14. The quantitative estimate of drug-likeness (QED) is 0.588. The molecule has 1 amide bonds. The first-order valence-corrected chi connectivity index (χ1v) is 11.1. The van der Waals surface area contributed by atoms with Gasteiger partial charge in [-0.3, -0.25) is 14.8 Å². The van der Waals surface area contributed by atoms with Gasteiger partial charge in [-0.25, -0.2) is 8.42 Å². The third-order valence-corrected chi connectivity index (χ3v) is 6.59. The number of para-hydroxylation sites is 1. The number of halogens is 3. The second-order valence-corrected chi connectivity index (χ2v) is 8.95. The molecule has 2 heterocycles. The molecule has 1 atom stereocenters. The fourth-order valence-electron chi connectivity index (χ4n) is 3.23. The first-order valence-electron chi connectivity index (χ1n) is 9.60. The van der Waals surface area contributed by atoms with Crippen LogP contribution in [-0.4, -0.2) is 31.7 Å². The number of nitrogens with zero attached hydrogens (tertiary/aromatic N) is 2. The molecule has 170 valence electrons. The van der Waals surface area contributed by atoms with E-state index in [2.05, 4.69) is 20.0 Å². The van der Waals surface area contributed by atoms with Gasteiger partial charge in [-0.2, -0.15) is 0 Å². The molecule has 3 aromatic rings. The molecule has 2 aromatic carbocycles. The number of rotatable bonds is 6. The summed E-state index contributed by atoms with van der Waals surface area (Å²) >= 11 is 0. The number of sulfone groups is 1. The Morgan fingerprint density at radius 1 is 1.06 bits per heavy atom. The maximum atomic E-state index is 12.9. The summed E-state index contributed by atoms with van der Waals surface area (Å²) in [5.41, 5.74) is 0.597. The Morgan fingerprint density at radius 3 is 2.48 bits per heavy atom. The average molecular weight is 475 g/mol. The Kier molecular flexibility index (Phi) is 5.90. The summed E-state index contributed by atoms with van der Waals surface area (Å²) in [4.78, 5) is 19.9. The van der Waals surface area contributed by atoms with Crippen LogP contribution in [0.25, 0.3) is 6.08 Å². The highest BCUT2D eigenvalue weighted by atomic mass is 32.2. The smallest absolute Gasteiger partial charge is 0.404 e. The lowest BCUT2D eigenvalue weighted by atomic mass is 10.2. The van der Waals surface area contributed by atoms with E-state index in [4.69, 9.17) is 0 Å². The van der Waals surface area contributed by atoms with Crippen LogP contribution in [0.1, 0.15) is 5.56 Å². The summed E-state index contributed by atoms with van der Waals surface area (Å²) in [7, 11) is -4.27. The van der Waals surface area contributed by atoms with Gasteiger partial charge in [-0.15, -0.1) is 13.2 Å². The maximum absolute atomic E-state index is 12.9. The van der Waals surface area contributed by atoms with Crippen LogP contribution in [0.3, 0.4) is 0 Å². The van der Waals surface area contributed by atoms with Crippen molar-refractivity contribution >= 4 is 21.8 Å². The van der Waals surface area contributed by atoms with E-state index in [9.17, 15) is 26.4 Å². The predicted molar refractivity (Wildman–Crippen MR) is 110 cm³/mol. The maximum Gasteiger partial charge on any atom is 0.573 e. The molecule has 1 N–H and O–H groups in total. The molecule has 1 unspecified atom stereocenters. The summed E-state index contributed by atoms with van der Waals surface area (Å²) in [5.74, 6) is -1.14. The highest BCUT2D eigenvalue weighted by Gasteiger charge is 2.34. The molecular formula is C22H16F3N3O4S. The number of nitrogens with one attached hydrogen (secondary N) is 1. The summed E-state index contributed by atoms with van der Waals surface area (Å²) in [6, 6.07) is 11.0. The van der Waals surface area contributed by atoms with E-state index < -0.39 is 32.9 Å². The van der Waals surface area contributed by atoms with Crippen LogP contribution in [0, 0.1) is 0 Å². The Balaban J connectivity index is 1.46. The largest absolute Gasteiger partial charge is 0.573 e. The molecule has 0 saturated heterocycles. The fourth-order valence-corrected chi connectivity index (χ4v) is 4.61. The van der Waals surface area contributed by atoms with Crippen LogP contribution in [0.15, 0.2) is 81.8 Å². The topological polar surface area (TPSA) is 97.7 Å². The van der Waals surface area contributed by atoms with Crippen molar-refractivity contribution in [3.8, 4) is 5.75 Å². The predicted octanol–water partition coefficient (Wildman–Crippen LogP) is 1.91. The normalized spacial score (nSPS) is 15.2. The SMILES string of the molecule is O=C(NCc1ccc(S(=O)(=O)c2ccccc2OC(F)(F)F)cc1)C1C=c2cnccc2=N1. The van der Waals surface area contributed by atoms with Crippen LogP contribution in [0.2, 0.25) is 0 Å². The molecule has 0 fully saturated rings. The van der Waals surface area contributed by atoms with Crippen molar-refractivity contribution in [2.75, 3.05) is 0 Å². The van der Waals surface area contributed by atoms with Gasteiger partial charge in [0.25, 0.3) is 0 Å². The van der Waals surface area contributed by atoms with Crippen molar-refractivity contribution in [2.45, 2.75) is 28.7 Å². The van der Waals surface area contributed by atoms with Crippen molar-refractivity contribution in [3.63, 3.8) is 0 Å². The summed E-state index contributed by atoms with van der Waals surface area (Å²) in [6.07, 6.45) is -0.148.